The number of benzene rings is 3. The number of nitrogens with one attached hydrogen (secondary N) is 1. The molecular weight excluding hydrogens is 374 g/mol. The van der Waals surface area contributed by atoms with Crippen molar-refractivity contribution in [3.63, 3.8) is 0 Å². The Hall–Kier alpha value is -3.71. The van der Waals surface area contributed by atoms with Gasteiger partial charge < -0.3 is 10.5 Å². The Morgan fingerprint density at radius 2 is 1.46 bits per heavy atom. The van der Waals surface area contributed by atoms with Gasteiger partial charge in [0.15, 0.2) is 5.13 Å². The molecule has 3 N–H and O–H groups in total. The van der Waals surface area contributed by atoms with E-state index in [-0.39, 0.29) is 5.91 Å². The quantitative estimate of drug-likeness (QED) is 0.528. The van der Waals surface area contributed by atoms with Crippen LogP contribution in [0.1, 0.15) is 20.7 Å². The Balaban J connectivity index is 1.43. The topological polar surface area (TPSA) is 94.3 Å². The number of aromatic nitrogens is 1. The molecule has 2 amide bonds. The summed E-state index contributed by atoms with van der Waals surface area (Å²) in [6.07, 6.45) is 0. The third-order valence-electron chi connectivity index (χ3n) is 4.01. The van der Waals surface area contributed by atoms with Gasteiger partial charge in [-0.2, -0.15) is 0 Å². The van der Waals surface area contributed by atoms with Crippen molar-refractivity contribution < 1.29 is 14.3 Å². The van der Waals surface area contributed by atoms with Crippen LogP contribution in [0.2, 0.25) is 0 Å². The molecule has 1 aromatic heterocycles. The Labute approximate surface area is 164 Å². The first-order chi connectivity index (χ1) is 13.6. The lowest BCUT2D eigenvalue weighted by atomic mass is 10.2. The van der Waals surface area contributed by atoms with E-state index in [4.69, 9.17) is 10.5 Å². The van der Waals surface area contributed by atoms with Crippen LogP contribution in [0, 0.1) is 0 Å². The lowest BCUT2D eigenvalue weighted by Gasteiger charge is -2.07. The number of rotatable bonds is 5. The maximum atomic E-state index is 12.4. The van der Waals surface area contributed by atoms with Crippen LogP contribution in [0.5, 0.6) is 11.5 Å². The zero-order valence-corrected chi connectivity index (χ0v) is 15.4. The predicted molar refractivity (Wildman–Crippen MR) is 109 cm³/mol. The molecule has 0 fully saturated rings. The number of thiazole rings is 1. The van der Waals surface area contributed by atoms with E-state index in [0.717, 1.165) is 10.2 Å². The van der Waals surface area contributed by atoms with Crippen molar-refractivity contribution >= 4 is 38.5 Å². The first kappa shape index (κ1) is 17.7. The van der Waals surface area contributed by atoms with Gasteiger partial charge >= 0.3 is 0 Å². The van der Waals surface area contributed by atoms with Crippen molar-refractivity contribution in [3.8, 4) is 11.5 Å². The average molecular weight is 389 g/mol. The van der Waals surface area contributed by atoms with E-state index in [0.29, 0.717) is 27.8 Å². The lowest BCUT2D eigenvalue weighted by molar-refractivity contribution is 0.0997. The smallest absolute Gasteiger partial charge is 0.257 e. The largest absolute Gasteiger partial charge is 0.457 e. The van der Waals surface area contributed by atoms with Crippen LogP contribution < -0.4 is 15.8 Å². The number of primary amides is 1. The molecule has 28 heavy (non-hydrogen) atoms. The lowest BCUT2D eigenvalue weighted by Crippen LogP contribution is -2.11. The highest BCUT2D eigenvalue weighted by Crippen LogP contribution is 2.26. The Kier molecular flexibility index (Phi) is 4.74. The number of nitrogens with zero attached hydrogens (tertiary/aromatic N) is 1. The third kappa shape index (κ3) is 3.84. The number of hydrogen-bond donors (Lipinski definition) is 2. The van der Waals surface area contributed by atoms with Gasteiger partial charge in [0.25, 0.3) is 5.91 Å². The standard InChI is InChI=1S/C21H15N3O3S/c22-19(25)13-5-9-15(10-6-13)27-16-11-7-14(8-12-16)20(26)24-21-23-17-3-1-2-4-18(17)28-21/h1-12H,(H2,22,25)(H,23,24,26). The van der Waals surface area contributed by atoms with Gasteiger partial charge in [-0.3, -0.25) is 14.9 Å². The summed E-state index contributed by atoms with van der Waals surface area (Å²) < 4.78 is 6.73. The van der Waals surface area contributed by atoms with Gasteiger partial charge in [-0.25, -0.2) is 4.98 Å². The summed E-state index contributed by atoms with van der Waals surface area (Å²) >= 11 is 1.43. The molecule has 4 rings (SSSR count). The molecule has 0 aliphatic rings. The van der Waals surface area contributed by atoms with E-state index < -0.39 is 5.91 Å². The number of para-hydroxylation sites is 1. The van der Waals surface area contributed by atoms with E-state index in [1.54, 1.807) is 48.5 Å². The second kappa shape index (κ2) is 7.50. The number of carbonyl (C=O) groups is 2. The van der Waals surface area contributed by atoms with Gasteiger partial charge in [-0.1, -0.05) is 23.5 Å². The first-order valence-corrected chi connectivity index (χ1v) is 9.25. The number of nitrogens with two attached hydrogens (primary N) is 1. The Bertz CT molecular complexity index is 1120. The summed E-state index contributed by atoms with van der Waals surface area (Å²) in [5, 5.41) is 3.37. The number of fused-ring (bicyclic) bond motifs is 1. The normalized spacial score (nSPS) is 10.6. The molecule has 138 valence electrons. The Morgan fingerprint density at radius 3 is 2.07 bits per heavy atom. The van der Waals surface area contributed by atoms with E-state index in [1.165, 1.54) is 11.3 Å². The summed E-state index contributed by atoms with van der Waals surface area (Å²) in [4.78, 5) is 27.9. The third-order valence-corrected chi connectivity index (χ3v) is 4.96. The molecule has 0 aliphatic carbocycles. The molecular formula is C21H15N3O3S. The molecule has 0 saturated carbocycles. The van der Waals surface area contributed by atoms with Crippen molar-refractivity contribution in [2.45, 2.75) is 0 Å². The summed E-state index contributed by atoms with van der Waals surface area (Å²) in [7, 11) is 0. The Morgan fingerprint density at radius 1 is 0.857 bits per heavy atom. The second-order valence-electron chi connectivity index (χ2n) is 5.96. The minimum absolute atomic E-state index is 0.239. The zero-order valence-electron chi connectivity index (χ0n) is 14.6. The van der Waals surface area contributed by atoms with Crippen molar-refractivity contribution in [1.82, 2.24) is 4.98 Å². The van der Waals surface area contributed by atoms with Gasteiger partial charge in [0, 0.05) is 11.1 Å². The fourth-order valence-electron chi connectivity index (χ4n) is 2.59. The average Bonchev–Trinajstić information content (AvgIpc) is 3.11. The van der Waals surface area contributed by atoms with E-state index in [9.17, 15) is 9.59 Å². The number of ether oxygens (including phenoxy) is 1. The summed E-state index contributed by atoms with van der Waals surface area (Å²) in [6, 6.07) is 21.0. The number of hydrogen-bond acceptors (Lipinski definition) is 5. The summed E-state index contributed by atoms with van der Waals surface area (Å²) in [5.41, 5.74) is 6.98. The SMILES string of the molecule is NC(=O)c1ccc(Oc2ccc(C(=O)Nc3nc4ccccc4s3)cc2)cc1. The van der Waals surface area contributed by atoms with Crippen LogP contribution in [-0.2, 0) is 0 Å². The van der Waals surface area contributed by atoms with Gasteiger partial charge in [-0.15, -0.1) is 0 Å². The fraction of sp³-hybridized carbons (Fsp3) is 0. The number of carbonyl (C=O) groups excluding carboxylic acids is 2. The van der Waals surface area contributed by atoms with Crippen molar-refractivity contribution in [3.05, 3.63) is 83.9 Å². The van der Waals surface area contributed by atoms with Gasteiger partial charge in [0.05, 0.1) is 10.2 Å². The molecule has 7 heteroatoms. The van der Waals surface area contributed by atoms with Crippen molar-refractivity contribution in [1.29, 1.82) is 0 Å². The predicted octanol–water partition coefficient (Wildman–Crippen LogP) is 4.44. The van der Waals surface area contributed by atoms with E-state index in [1.807, 2.05) is 24.3 Å². The zero-order chi connectivity index (χ0) is 19.5. The van der Waals surface area contributed by atoms with Crippen LogP contribution in [0.4, 0.5) is 5.13 Å². The van der Waals surface area contributed by atoms with E-state index in [2.05, 4.69) is 10.3 Å². The molecule has 0 spiro atoms. The highest BCUT2D eigenvalue weighted by atomic mass is 32.1. The summed E-state index contributed by atoms with van der Waals surface area (Å²) in [5.74, 6) is 0.409. The van der Waals surface area contributed by atoms with Crippen LogP contribution in [0.15, 0.2) is 72.8 Å². The van der Waals surface area contributed by atoms with Gasteiger partial charge in [0.1, 0.15) is 11.5 Å². The molecule has 0 atom stereocenters. The van der Waals surface area contributed by atoms with Gasteiger partial charge in [-0.05, 0) is 60.7 Å². The van der Waals surface area contributed by atoms with Crippen LogP contribution in [-0.4, -0.2) is 16.8 Å². The minimum atomic E-state index is -0.491. The monoisotopic (exact) mass is 389 g/mol. The molecule has 4 aromatic rings. The van der Waals surface area contributed by atoms with Crippen LogP contribution >= 0.6 is 11.3 Å². The van der Waals surface area contributed by atoms with E-state index >= 15 is 0 Å². The first-order valence-electron chi connectivity index (χ1n) is 8.43. The van der Waals surface area contributed by atoms with Crippen molar-refractivity contribution in [2.24, 2.45) is 5.73 Å². The molecule has 0 saturated heterocycles. The highest BCUT2D eigenvalue weighted by Gasteiger charge is 2.10. The maximum Gasteiger partial charge on any atom is 0.257 e. The number of amides is 2. The molecule has 3 aromatic carbocycles. The fourth-order valence-corrected chi connectivity index (χ4v) is 3.45. The second-order valence-corrected chi connectivity index (χ2v) is 6.99. The molecule has 0 unspecified atom stereocenters. The minimum Gasteiger partial charge on any atom is -0.457 e. The summed E-state index contributed by atoms with van der Waals surface area (Å²) in [6.45, 7) is 0. The van der Waals surface area contributed by atoms with Gasteiger partial charge in [0.2, 0.25) is 5.91 Å². The van der Waals surface area contributed by atoms with Crippen LogP contribution in [0.3, 0.4) is 0 Å². The molecule has 0 bridgehead atoms. The molecule has 0 radical (unpaired) electrons. The van der Waals surface area contributed by atoms with Crippen LogP contribution in [0.25, 0.3) is 10.2 Å². The maximum absolute atomic E-state index is 12.4. The van der Waals surface area contributed by atoms with Crippen molar-refractivity contribution in [2.75, 3.05) is 5.32 Å². The molecule has 0 aliphatic heterocycles. The highest BCUT2D eigenvalue weighted by molar-refractivity contribution is 7.22. The number of anilines is 1. The molecule has 6 nitrogen and oxygen atoms in total. The molecule has 1 heterocycles.